The fraction of sp³-hybridized carbons (Fsp3) is 0.611. The summed E-state index contributed by atoms with van der Waals surface area (Å²) in [4.78, 5) is 24.1. The number of carbonyl (C=O) groups excluding carboxylic acids is 1. The van der Waals surface area contributed by atoms with Gasteiger partial charge >= 0.3 is 24.3 Å². The molecule has 0 aliphatic carbocycles. The van der Waals surface area contributed by atoms with Gasteiger partial charge in [-0.3, -0.25) is 0 Å². The van der Waals surface area contributed by atoms with Crippen molar-refractivity contribution in [2.24, 2.45) is 0 Å². The van der Waals surface area contributed by atoms with E-state index >= 15 is 0 Å². The van der Waals surface area contributed by atoms with E-state index in [0.29, 0.717) is 12.5 Å². The number of ether oxygens (including phenoxy) is 2. The normalized spacial score (nSPS) is 12.4. The number of halogens is 6. The highest BCUT2D eigenvalue weighted by Gasteiger charge is 2.38. The first kappa shape index (κ1) is 28.3. The number of nitrogens with zero attached hydrogens (tertiary/aromatic N) is 1. The maximum atomic E-state index is 13.2. The standard InChI is InChI=1S/C16H23F3N2O3.C2HF3O2/c1-4-5-6-7-8-10(2)24-14-11(16(17,18)19)9-12(20)13(21-14)15(22)23-3;3-2(4,5)1(6)7/h9-10H,4-8,20H2,1-3H3;(H,6,7). The van der Waals surface area contributed by atoms with Crippen LogP contribution in [-0.2, 0) is 15.7 Å². The maximum absolute atomic E-state index is 13.2. The van der Waals surface area contributed by atoms with E-state index in [1.165, 1.54) is 0 Å². The Morgan fingerprint density at radius 1 is 1.16 bits per heavy atom. The van der Waals surface area contributed by atoms with Crippen LogP contribution in [-0.4, -0.2) is 41.4 Å². The zero-order chi connectivity index (χ0) is 24.4. The van der Waals surface area contributed by atoms with Crippen LogP contribution in [0.4, 0.5) is 32.0 Å². The molecule has 0 saturated carbocycles. The fourth-order valence-corrected chi connectivity index (χ4v) is 2.17. The summed E-state index contributed by atoms with van der Waals surface area (Å²) in [5, 5.41) is 7.12. The van der Waals surface area contributed by atoms with E-state index in [4.69, 9.17) is 20.4 Å². The van der Waals surface area contributed by atoms with Gasteiger partial charge in [0.25, 0.3) is 0 Å². The summed E-state index contributed by atoms with van der Waals surface area (Å²) < 4.78 is 81.0. The fourth-order valence-electron chi connectivity index (χ4n) is 2.17. The third-order valence-corrected chi connectivity index (χ3v) is 3.72. The van der Waals surface area contributed by atoms with E-state index in [0.717, 1.165) is 32.8 Å². The third kappa shape index (κ3) is 10.2. The van der Waals surface area contributed by atoms with Gasteiger partial charge in [-0.25, -0.2) is 14.6 Å². The number of carbonyl (C=O) groups is 2. The number of carboxylic acid groups (broad SMARTS) is 1. The van der Waals surface area contributed by atoms with Crippen molar-refractivity contribution < 1.29 is 50.5 Å². The second-order valence-electron chi connectivity index (χ2n) is 6.35. The van der Waals surface area contributed by atoms with Crippen LogP contribution in [0.2, 0.25) is 0 Å². The predicted molar refractivity (Wildman–Crippen MR) is 97.5 cm³/mol. The molecule has 1 aromatic rings. The number of unbranched alkanes of at least 4 members (excludes halogenated alkanes) is 3. The zero-order valence-electron chi connectivity index (χ0n) is 17.1. The summed E-state index contributed by atoms with van der Waals surface area (Å²) in [7, 11) is 1.10. The number of hydrogen-bond donors (Lipinski definition) is 2. The average Bonchev–Trinajstić information content (AvgIpc) is 2.64. The number of carboxylic acids is 1. The number of methoxy groups -OCH3 is 1. The first-order valence-corrected chi connectivity index (χ1v) is 9.07. The summed E-state index contributed by atoms with van der Waals surface area (Å²) in [5.74, 6) is -4.32. The number of esters is 1. The summed E-state index contributed by atoms with van der Waals surface area (Å²) in [6.45, 7) is 3.74. The minimum Gasteiger partial charge on any atom is -0.475 e. The molecular formula is C18H24F6N2O5. The van der Waals surface area contributed by atoms with Gasteiger partial charge in [0.2, 0.25) is 5.88 Å². The highest BCUT2D eigenvalue weighted by atomic mass is 19.4. The maximum Gasteiger partial charge on any atom is 0.490 e. The average molecular weight is 462 g/mol. The monoisotopic (exact) mass is 462 g/mol. The Hall–Kier alpha value is -2.73. The Kier molecular flexibility index (Phi) is 11.1. The predicted octanol–water partition coefficient (Wildman–Crippen LogP) is 4.84. The van der Waals surface area contributed by atoms with Gasteiger partial charge < -0.3 is 20.3 Å². The lowest BCUT2D eigenvalue weighted by atomic mass is 10.1. The van der Waals surface area contributed by atoms with Crippen LogP contribution < -0.4 is 10.5 Å². The largest absolute Gasteiger partial charge is 0.490 e. The second-order valence-corrected chi connectivity index (χ2v) is 6.35. The molecule has 1 atom stereocenters. The number of rotatable bonds is 8. The summed E-state index contributed by atoms with van der Waals surface area (Å²) in [6, 6.07) is 0.651. The topological polar surface area (TPSA) is 112 Å². The van der Waals surface area contributed by atoms with Crippen molar-refractivity contribution in [2.45, 2.75) is 64.4 Å². The van der Waals surface area contributed by atoms with Gasteiger partial charge in [0.05, 0.1) is 18.9 Å². The van der Waals surface area contributed by atoms with Crippen LogP contribution in [0.5, 0.6) is 5.88 Å². The van der Waals surface area contributed by atoms with Crippen molar-refractivity contribution in [3.05, 3.63) is 17.3 Å². The number of alkyl halides is 6. The lowest BCUT2D eigenvalue weighted by Gasteiger charge is -2.19. The van der Waals surface area contributed by atoms with Gasteiger partial charge in [-0.15, -0.1) is 0 Å². The number of hydrogen-bond acceptors (Lipinski definition) is 6. The molecule has 1 heterocycles. The van der Waals surface area contributed by atoms with Gasteiger partial charge in [-0.05, 0) is 25.8 Å². The number of anilines is 1. The van der Waals surface area contributed by atoms with Crippen molar-refractivity contribution in [1.29, 1.82) is 0 Å². The molecule has 7 nitrogen and oxygen atoms in total. The highest BCUT2D eigenvalue weighted by molar-refractivity contribution is 5.93. The molecule has 0 bridgehead atoms. The van der Waals surface area contributed by atoms with Gasteiger partial charge in [0.15, 0.2) is 5.69 Å². The van der Waals surface area contributed by atoms with Gasteiger partial charge in [-0.1, -0.05) is 26.2 Å². The minimum absolute atomic E-state index is 0.390. The van der Waals surface area contributed by atoms with Crippen LogP contribution in [0.15, 0.2) is 6.07 Å². The van der Waals surface area contributed by atoms with E-state index < -0.39 is 53.2 Å². The van der Waals surface area contributed by atoms with E-state index in [9.17, 15) is 31.1 Å². The Morgan fingerprint density at radius 2 is 1.71 bits per heavy atom. The molecule has 13 heteroatoms. The molecule has 1 aromatic heterocycles. The minimum atomic E-state index is -5.08. The molecule has 0 radical (unpaired) electrons. The van der Waals surface area contributed by atoms with Crippen LogP contribution in [0, 0.1) is 0 Å². The molecule has 3 N–H and O–H groups in total. The Bertz CT molecular complexity index is 737. The molecule has 0 aromatic carbocycles. The quantitative estimate of drug-likeness (QED) is 0.323. The van der Waals surface area contributed by atoms with E-state index in [1.54, 1.807) is 6.92 Å². The van der Waals surface area contributed by atoms with Crippen molar-refractivity contribution >= 4 is 17.6 Å². The molecule has 1 unspecified atom stereocenters. The molecule has 0 fully saturated rings. The van der Waals surface area contributed by atoms with Crippen LogP contribution in [0.25, 0.3) is 0 Å². The van der Waals surface area contributed by atoms with E-state index in [-0.39, 0.29) is 0 Å². The first-order valence-electron chi connectivity index (χ1n) is 9.07. The van der Waals surface area contributed by atoms with Crippen LogP contribution >= 0.6 is 0 Å². The van der Waals surface area contributed by atoms with Gasteiger partial charge in [0, 0.05) is 0 Å². The Labute approximate surface area is 174 Å². The number of aliphatic carboxylic acids is 1. The lowest BCUT2D eigenvalue weighted by Crippen LogP contribution is -2.21. The summed E-state index contributed by atoms with van der Waals surface area (Å²) in [6.07, 6.45) is -5.69. The lowest BCUT2D eigenvalue weighted by molar-refractivity contribution is -0.192. The van der Waals surface area contributed by atoms with Crippen molar-refractivity contribution in [1.82, 2.24) is 4.98 Å². The molecule has 1 rings (SSSR count). The second kappa shape index (κ2) is 12.2. The molecule has 0 amide bonds. The third-order valence-electron chi connectivity index (χ3n) is 3.72. The molecule has 31 heavy (non-hydrogen) atoms. The Balaban J connectivity index is 0.00000110. The molecule has 178 valence electrons. The van der Waals surface area contributed by atoms with Crippen molar-refractivity contribution in [2.75, 3.05) is 12.8 Å². The van der Waals surface area contributed by atoms with Crippen molar-refractivity contribution in [3.8, 4) is 5.88 Å². The van der Waals surface area contributed by atoms with Crippen LogP contribution in [0.3, 0.4) is 0 Å². The summed E-state index contributed by atoms with van der Waals surface area (Å²) in [5.41, 5.74) is 3.59. The Morgan fingerprint density at radius 3 is 2.13 bits per heavy atom. The van der Waals surface area contributed by atoms with Gasteiger partial charge in [-0.2, -0.15) is 26.3 Å². The molecule has 0 spiro atoms. The smallest absolute Gasteiger partial charge is 0.475 e. The molecular weight excluding hydrogens is 438 g/mol. The SMILES string of the molecule is CCCCCCC(C)Oc1nc(C(=O)OC)c(N)cc1C(F)(F)F.O=C(O)C(F)(F)F. The van der Waals surface area contributed by atoms with Gasteiger partial charge in [0.1, 0.15) is 5.56 Å². The molecule has 0 aliphatic heterocycles. The summed E-state index contributed by atoms with van der Waals surface area (Å²) >= 11 is 0. The number of nitrogens with two attached hydrogens (primary N) is 1. The van der Waals surface area contributed by atoms with E-state index in [2.05, 4.69) is 16.6 Å². The first-order chi connectivity index (χ1) is 14.1. The van der Waals surface area contributed by atoms with E-state index in [1.807, 2.05) is 0 Å². The highest BCUT2D eigenvalue weighted by Crippen LogP contribution is 2.37. The zero-order valence-corrected chi connectivity index (χ0v) is 17.1. The number of nitrogen functional groups attached to an aromatic ring is 1. The van der Waals surface area contributed by atoms with Crippen molar-refractivity contribution in [3.63, 3.8) is 0 Å². The number of pyridine rings is 1. The number of aromatic nitrogens is 1. The van der Waals surface area contributed by atoms with Crippen LogP contribution in [0.1, 0.15) is 62.0 Å². The molecule has 0 aliphatic rings. The molecule has 0 saturated heterocycles.